The van der Waals surface area contributed by atoms with Crippen LogP contribution in [0.25, 0.3) is 11.2 Å². The molecule has 23 heavy (non-hydrogen) atoms. The molecule has 0 aliphatic carbocycles. The van der Waals surface area contributed by atoms with Gasteiger partial charge in [-0.2, -0.15) is 4.98 Å². The van der Waals surface area contributed by atoms with Gasteiger partial charge in [0.05, 0.1) is 31.6 Å². The molecule has 0 fully saturated rings. The number of nitrogen functional groups attached to an aromatic ring is 1. The molecule has 0 aliphatic heterocycles. The number of carbonyl (C=O) groups excluding carboxylic acids is 1. The van der Waals surface area contributed by atoms with Crippen molar-refractivity contribution in [3.8, 4) is 0 Å². The predicted molar refractivity (Wildman–Crippen MR) is 80.3 cm³/mol. The van der Waals surface area contributed by atoms with Crippen LogP contribution in [0.3, 0.4) is 0 Å². The molecule has 0 bridgehead atoms. The number of hydrogen-bond acceptors (Lipinski definition) is 8. The second-order valence-corrected chi connectivity index (χ2v) is 5.52. The van der Waals surface area contributed by atoms with Gasteiger partial charge < -0.3 is 20.3 Å². The van der Waals surface area contributed by atoms with Gasteiger partial charge in [-0.05, 0) is 13.8 Å². The number of methoxy groups -OCH3 is 1. The fourth-order valence-electron chi connectivity index (χ4n) is 2.12. The van der Waals surface area contributed by atoms with E-state index in [1.165, 1.54) is 18.0 Å². The number of esters is 1. The van der Waals surface area contributed by atoms with Gasteiger partial charge in [0.25, 0.3) is 5.56 Å². The Morgan fingerprint density at radius 2 is 2.26 bits per heavy atom. The Kier molecular flexibility index (Phi) is 4.66. The Balaban J connectivity index is 2.23. The highest BCUT2D eigenvalue weighted by Crippen LogP contribution is 2.25. The van der Waals surface area contributed by atoms with Crippen LogP contribution in [-0.2, 0) is 21.0 Å². The SMILES string of the molecule is COC(=O)C(C)(C)C(CO)OCn1cnc2c(=O)[nH]c(N)nc21. The molecule has 2 rings (SSSR count). The average molecular weight is 325 g/mol. The first-order chi connectivity index (χ1) is 10.8. The monoisotopic (exact) mass is 325 g/mol. The number of H-pyrrole nitrogens is 1. The quantitative estimate of drug-likeness (QED) is 0.587. The topological polar surface area (TPSA) is 145 Å². The second-order valence-electron chi connectivity index (χ2n) is 5.52. The highest BCUT2D eigenvalue weighted by molar-refractivity contribution is 5.76. The normalized spacial score (nSPS) is 13.2. The van der Waals surface area contributed by atoms with Gasteiger partial charge in [-0.15, -0.1) is 0 Å². The number of anilines is 1. The van der Waals surface area contributed by atoms with Gasteiger partial charge in [-0.25, -0.2) is 4.98 Å². The number of rotatable bonds is 6. The van der Waals surface area contributed by atoms with Crippen LogP contribution in [0.5, 0.6) is 0 Å². The van der Waals surface area contributed by atoms with Gasteiger partial charge >= 0.3 is 5.97 Å². The summed E-state index contributed by atoms with van der Waals surface area (Å²) in [7, 11) is 1.26. The number of aromatic amines is 1. The lowest BCUT2D eigenvalue weighted by atomic mass is 9.87. The van der Waals surface area contributed by atoms with Crippen molar-refractivity contribution >= 4 is 23.1 Å². The molecule has 10 heteroatoms. The number of aliphatic hydroxyl groups excluding tert-OH is 1. The molecule has 0 aliphatic rings. The summed E-state index contributed by atoms with van der Waals surface area (Å²) in [5.74, 6) is -0.552. The molecular formula is C13H19N5O5. The third-order valence-corrected chi connectivity index (χ3v) is 3.59. The van der Waals surface area contributed by atoms with Gasteiger partial charge in [0.2, 0.25) is 5.95 Å². The van der Waals surface area contributed by atoms with Crippen molar-refractivity contribution in [3.05, 3.63) is 16.7 Å². The second kappa shape index (κ2) is 6.34. The third kappa shape index (κ3) is 3.17. The number of imidazole rings is 1. The lowest BCUT2D eigenvalue weighted by Gasteiger charge is -2.30. The summed E-state index contributed by atoms with van der Waals surface area (Å²) in [4.78, 5) is 33.8. The molecule has 0 radical (unpaired) electrons. The number of nitrogens with zero attached hydrogens (tertiary/aromatic N) is 3. The Morgan fingerprint density at radius 1 is 1.57 bits per heavy atom. The molecule has 0 spiro atoms. The van der Waals surface area contributed by atoms with E-state index in [1.54, 1.807) is 13.8 Å². The summed E-state index contributed by atoms with van der Waals surface area (Å²) in [6.45, 7) is 2.75. The molecule has 2 heterocycles. The Bertz CT molecular complexity index is 766. The Labute approximate surface area is 131 Å². The van der Waals surface area contributed by atoms with E-state index < -0.39 is 23.0 Å². The molecule has 0 saturated carbocycles. The number of nitrogens with two attached hydrogens (primary N) is 1. The maximum Gasteiger partial charge on any atom is 0.313 e. The molecule has 126 valence electrons. The van der Waals surface area contributed by atoms with Gasteiger partial charge in [0, 0.05) is 0 Å². The minimum atomic E-state index is -1.05. The van der Waals surface area contributed by atoms with Crippen LogP contribution in [0.1, 0.15) is 13.8 Å². The van der Waals surface area contributed by atoms with E-state index >= 15 is 0 Å². The van der Waals surface area contributed by atoms with E-state index in [4.69, 9.17) is 15.2 Å². The maximum absolute atomic E-state index is 11.8. The van der Waals surface area contributed by atoms with Crippen molar-refractivity contribution in [2.75, 3.05) is 19.5 Å². The van der Waals surface area contributed by atoms with Crippen molar-refractivity contribution in [2.24, 2.45) is 5.41 Å². The molecule has 2 aromatic rings. The molecule has 0 amide bonds. The van der Waals surface area contributed by atoms with E-state index in [0.29, 0.717) is 0 Å². The summed E-state index contributed by atoms with van der Waals surface area (Å²) in [6, 6.07) is 0. The zero-order valence-corrected chi connectivity index (χ0v) is 13.1. The van der Waals surface area contributed by atoms with Gasteiger partial charge in [0.15, 0.2) is 11.2 Å². The molecule has 1 atom stereocenters. The van der Waals surface area contributed by atoms with Crippen LogP contribution in [0.15, 0.2) is 11.1 Å². The van der Waals surface area contributed by atoms with E-state index in [1.807, 2.05) is 0 Å². The van der Waals surface area contributed by atoms with Gasteiger partial charge in [-0.3, -0.25) is 19.1 Å². The van der Waals surface area contributed by atoms with Crippen molar-refractivity contribution < 1.29 is 19.4 Å². The van der Waals surface area contributed by atoms with Crippen LogP contribution in [0.4, 0.5) is 5.95 Å². The van der Waals surface area contributed by atoms with Crippen LogP contribution in [-0.4, -0.2) is 50.4 Å². The van der Waals surface area contributed by atoms with Crippen molar-refractivity contribution in [3.63, 3.8) is 0 Å². The third-order valence-electron chi connectivity index (χ3n) is 3.59. The molecule has 1 unspecified atom stereocenters. The minimum absolute atomic E-state index is 0.0437. The summed E-state index contributed by atoms with van der Waals surface area (Å²) < 4.78 is 11.8. The van der Waals surface area contributed by atoms with E-state index in [0.717, 1.165) is 0 Å². The lowest BCUT2D eigenvalue weighted by Crippen LogP contribution is -2.42. The summed E-state index contributed by atoms with van der Waals surface area (Å²) in [5.41, 5.74) is 4.37. The number of carbonyl (C=O) groups is 1. The molecule has 4 N–H and O–H groups in total. The standard InChI is InChI=1S/C13H19N5O5/c1-13(2,11(21)22-3)7(4-19)23-6-18-5-15-8-9(18)16-12(14)17-10(8)20/h5,7,19H,4,6H2,1-3H3,(H3,14,16,17,20). The van der Waals surface area contributed by atoms with Crippen LogP contribution in [0.2, 0.25) is 0 Å². The molecule has 10 nitrogen and oxygen atoms in total. The number of aliphatic hydroxyl groups is 1. The first-order valence-corrected chi connectivity index (χ1v) is 6.82. The van der Waals surface area contributed by atoms with Crippen LogP contribution in [0, 0.1) is 5.41 Å². The van der Waals surface area contributed by atoms with E-state index in [9.17, 15) is 14.7 Å². The zero-order valence-electron chi connectivity index (χ0n) is 13.1. The maximum atomic E-state index is 11.8. The fourth-order valence-corrected chi connectivity index (χ4v) is 2.12. The number of nitrogens with one attached hydrogen (secondary N) is 1. The van der Waals surface area contributed by atoms with Gasteiger partial charge in [0.1, 0.15) is 6.73 Å². The number of fused-ring (bicyclic) bond motifs is 1. The number of hydrogen-bond donors (Lipinski definition) is 3. The van der Waals surface area contributed by atoms with E-state index in [-0.39, 0.29) is 30.4 Å². The number of ether oxygens (including phenoxy) is 2. The molecule has 0 aromatic carbocycles. The van der Waals surface area contributed by atoms with Crippen LogP contribution < -0.4 is 11.3 Å². The van der Waals surface area contributed by atoms with Gasteiger partial charge in [-0.1, -0.05) is 0 Å². The highest BCUT2D eigenvalue weighted by atomic mass is 16.5. The lowest BCUT2D eigenvalue weighted by molar-refractivity contribution is -0.165. The fraction of sp³-hybridized carbons (Fsp3) is 0.538. The first kappa shape index (κ1) is 16.9. The van der Waals surface area contributed by atoms with Crippen molar-refractivity contribution in [1.29, 1.82) is 0 Å². The van der Waals surface area contributed by atoms with E-state index in [2.05, 4.69) is 15.0 Å². The Hall–Kier alpha value is -2.46. The summed E-state index contributed by atoms with van der Waals surface area (Å²) in [6.07, 6.45) is 0.554. The average Bonchev–Trinajstić information content (AvgIpc) is 2.90. The Morgan fingerprint density at radius 3 is 2.87 bits per heavy atom. The first-order valence-electron chi connectivity index (χ1n) is 6.82. The van der Waals surface area contributed by atoms with Crippen molar-refractivity contribution in [1.82, 2.24) is 19.5 Å². The summed E-state index contributed by atoms with van der Waals surface area (Å²) >= 11 is 0. The smallest absolute Gasteiger partial charge is 0.313 e. The predicted octanol–water partition coefficient (Wildman–Crippen LogP) is -0.764. The minimum Gasteiger partial charge on any atom is -0.469 e. The van der Waals surface area contributed by atoms with Crippen molar-refractivity contribution in [2.45, 2.75) is 26.7 Å². The highest BCUT2D eigenvalue weighted by Gasteiger charge is 2.38. The number of aromatic nitrogens is 4. The molecular weight excluding hydrogens is 306 g/mol. The molecule has 2 aromatic heterocycles. The largest absolute Gasteiger partial charge is 0.469 e. The molecule has 0 saturated heterocycles. The zero-order chi connectivity index (χ0) is 17.2. The van der Waals surface area contributed by atoms with Crippen LogP contribution >= 0.6 is 0 Å². The summed E-state index contributed by atoms with van der Waals surface area (Å²) in [5, 5.41) is 9.49.